The maximum Gasteiger partial charge on any atom is 0.338 e. The van der Waals surface area contributed by atoms with Gasteiger partial charge in [0.05, 0.1) is 42.6 Å². The third-order valence-corrected chi connectivity index (χ3v) is 10.0. The van der Waals surface area contributed by atoms with Gasteiger partial charge >= 0.3 is 17.9 Å². The molecule has 0 saturated carbocycles. The first kappa shape index (κ1) is 41.0. The Morgan fingerprint density at radius 2 is 1.19 bits per heavy atom. The van der Waals surface area contributed by atoms with E-state index in [9.17, 15) is 14.4 Å². The number of fused-ring (bicyclic) bond motifs is 1. The zero-order chi connectivity index (χ0) is 40.8. The third kappa shape index (κ3) is 9.56. The van der Waals surface area contributed by atoms with E-state index < -0.39 is 91.7 Å². The Labute approximate surface area is 336 Å². The topological polar surface area (TPSA) is 170 Å². The number of nitrogens with two attached hydrogens (primary N) is 1. The van der Waals surface area contributed by atoms with Gasteiger partial charge in [0, 0.05) is 0 Å². The van der Waals surface area contributed by atoms with Crippen LogP contribution in [0, 0.1) is 0 Å². The van der Waals surface area contributed by atoms with Crippen LogP contribution >= 0.6 is 0 Å². The van der Waals surface area contributed by atoms with E-state index >= 15 is 0 Å². The lowest BCUT2D eigenvalue weighted by Crippen LogP contribution is -2.67. The molecule has 0 radical (unpaired) electrons. The van der Waals surface area contributed by atoms with Gasteiger partial charge in [-0.1, -0.05) is 66.7 Å². The molecule has 0 bridgehead atoms. The summed E-state index contributed by atoms with van der Waals surface area (Å²) < 4.78 is 61.6. The molecule has 3 saturated heterocycles. The highest BCUT2D eigenvalue weighted by atomic mass is 16.8. The molecule has 14 heteroatoms. The van der Waals surface area contributed by atoms with E-state index in [0.29, 0.717) is 0 Å². The molecule has 10 atom stereocenters. The monoisotopic (exact) mass is 797 g/mol. The average molecular weight is 798 g/mol. The summed E-state index contributed by atoms with van der Waals surface area (Å²) in [5.74, 6) is -2.45. The van der Waals surface area contributed by atoms with Crippen LogP contribution in [0.5, 0.6) is 5.75 Å². The Morgan fingerprint density at radius 3 is 1.76 bits per heavy atom. The lowest BCUT2D eigenvalue weighted by molar-refractivity contribution is -0.327. The first-order chi connectivity index (χ1) is 28.0. The van der Waals surface area contributed by atoms with Crippen molar-refractivity contribution in [1.82, 2.24) is 0 Å². The Bertz CT molecular complexity index is 1980. The van der Waals surface area contributed by atoms with Crippen LogP contribution < -0.4 is 10.5 Å². The summed E-state index contributed by atoms with van der Waals surface area (Å²) in [6, 6.07) is 31.2. The summed E-state index contributed by atoms with van der Waals surface area (Å²) in [5.41, 5.74) is 8.55. The molecule has 14 nitrogen and oxygen atoms in total. The van der Waals surface area contributed by atoms with E-state index in [1.54, 1.807) is 119 Å². The molecule has 58 heavy (non-hydrogen) atoms. The first-order valence-corrected chi connectivity index (χ1v) is 19.1. The average Bonchev–Trinajstić information content (AvgIpc) is 3.58. The van der Waals surface area contributed by atoms with Gasteiger partial charge in [0.1, 0.15) is 36.8 Å². The number of carbonyl (C=O) groups is 3. The van der Waals surface area contributed by atoms with E-state index in [-0.39, 0.29) is 23.3 Å². The van der Waals surface area contributed by atoms with Crippen molar-refractivity contribution in [2.24, 2.45) is 5.73 Å². The van der Waals surface area contributed by atoms with Crippen molar-refractivity contribution in [2.75, 3.05) is 13.7 Å². The zero-order valence-corrected chi connectivity index (χ0v) is 32.5. The van der Waals surface area contributed by atoms with Gasteiger partial charge in [-0.15, -0.1) is 0 Å². The van der Waals surface area contributed by atoms with Crippen LogP contribution in [-0.2, 0) is 49.2 Å². The normalized spacial score (nSPS) is 28.8. The van der Waals surface area contributed by atoms with Crippen molar-refractivity contribution in [3.63, 3.8) is 0 Å². The van der Waals surface area contributed by atoms with Crippen LogP contribution in [-0.4, -0.2) is 98.8 Å². The Hall–Kier alpha value is -5.19. The fourth-order valence-corrected chi connectivity index (χ4v) is 7.11. The van der Waals surface area contributed by atoms with Gasteiger partial charge in [-0.2, -0.15) is 0 Å². The highest BCUT2D eigenvalue weighted by molar-refractivity contribution is 5.91. The highest BCUT2D eigenvalue weighted by Gasteiger charge is 2.58. The van der Waals surface area contributed by atoms with Crippen LogP contribution in [0.15, 0.2) is 115 Å². The number of methoxy groups -OCH3 is 1. The Morgan fingerprint density at radius 1 is 0.655 bits per heavy atom. The summed E-state index contributed by atoms with van der Waals surface area (Å²) in [5, 5.41) is 0. The number of benzene rings is 4. The molecule has 0 aliphatic carbocycles. The summed E-state index contributed by atoms with van der Waals surface area (Å²) in [7, 11) is 1.60. The number of hydrogen-bond acceptors (Lipinski definition) is 14. The van der Waals surface area contributed by atoms with Crippen molar-refractivity contribution in [2.45, 2.75) is 94.5 Å². The van der Waals surface area contributed by atoms with Crippen molar-refractivity contribution in [3.05, 3.63) is 138 Å². The van der Waals surface area contributed by atoms with Crippen LogP contribution in [0.2, 0.25) is 0 Å². The number of rotatable bonds is 13. The lowest BCUT2D eigenvalue weighted by atomic mass is 9.95. The van der Waals surface area contributed by atoms with Gasteiger partial charge in [-0.3, -0.25) is 0 Å². The molecule has 0 unspecified atom stereocenters. The molecular formula is C44H47NO13. The van der Waals surface area contributed by atoms with E-state index in [0.717, 1.165) is 11.3 Å². The second kappa shape index (κ2) is 18.2. The summed E-state index contributed by atoms with van der Waals surface area (Å²) >= 11 is 0. The predicted molar refractivity (Wildman–Crippen MR) is 205 cm³/mol. The van der Waals surface area contributed by atoms with Crippen molar-refractivity contribution >= 4 is 17.9 Å². The lowest BCUT2D eigenvalue weighted by Gasteiger charge is -2.47. The zero-order valence-electron chi connectivity index (χ0n) is 32.5. The molecule has 4 aromatic rings. The Balaban J connectivity index is 1.16. The van der Waals surface area contributed by atoms with Gasteiger partial charge in [0.25, 0.3) is 0 Å². The Kier molecular flexibility index (Phi) is 12.8. The second-order valence-corrected chi connectivity index (χ2v) is 14.6. The van der Waals surface area contributed by atoms with E-state index in [1.807, 2.05) is 24.3 Å². The van der Waals surface area contributed by atoms with Crippen LogP contribution in [0.1, 0.15) is 57.4 Å². The maximum atomic E-state index is 13.7. The van der Waals surface area contributed by atoms with Gasteiger partial charge < -0.3 is 53.1 Å². The van der Waals surface area contributed by atoms with Gasteiger partial charge in [-0.25, -0.2) is 14.4 Å². The fourth-order valence-electron chi connectivity index (χ4n) is 7.11. The third-order valence-electron chi connectivity index (χ3n) is 10.0. The predicted octanol–water partition coefficient (Wildman–Crippen LogP) is 5.22. The largest absolute Gasteiger partial charge is 0.497 e. The number of esters is 3. The van der Waals surface area contributed by atoms with E-state index in [4.69, 9.17) is 53.1 Å². The second-order valence-electron chi connectivity index (χ2n) is 14.6. The standard InChI is InChI=1S/C44H47NO13/c1-26-34(37-38(58-44(2,3)57-37)43(52-26)51-24-27-20-22-31(49-4)23-21-27)56-42-33(45)36(55-41(48)30-18-12-7-13-19-30)35(54-40(47)29-16-10-6-11-17-29)32(53-42)25-50-39(46)28-14-8-5-9-15-28/h5-23,26,32-38,42-43H,24-25,45H2,1-4H3/t26-,32+,33-,34-,35+,36+,37+,38+,42-,43+/m0/s1. The maximum absolute atomic E-state index is 13.7. The van der Waals surface area contributed by atoms with Crippen LogP contribution in [0.3, 0.4) is 0 Å². The minimum atomic E-state index is -1.35. The van der Waals surface area contributed by atoms with E-state index in [1.165, 1.54) is 0 Å². The van der Waals surface area contributed by atoms with Crippen molar-refractivity contribution in [1.29, 1.82) is 0 Å². The summed E-state index contributed by atoms with van der Waals surface area (Å²) in [6.07, 6.45) is -9.09. The fraction of sp³-hybridized carbons (Fsp3) is 0.386. The van der Waals surface area contributed by atoms with Crippen LogP contribution in [0.25, 0.3) is 0 Å². The molecule has 0 aromatic heterocycles. The minimum absolute atomic E-state index is 0.220. The number of ether oxygens (including phenoxy) is 10. The molecule has 4 aromatic carbocycles. The highest BCUT2D eigenvalue weighted by Crippen LogP contribution is 2.41. The molecule has 7 rings (SSSR count). The first-order valence-electron chi connectivity index (χ1n) is 19.1. The molecule has 2 N–H and O–H groups in total. The minimum Gasteiger partial charge on any atom is -0.497 e. The molecule has 3 aliphatic heterocycles. The molecule has 306 valence electrons. The number of carbonyl (C=O) groups excluding carboxylic acids is 3. The molecule has 0 spiro atoms. The SMILES string of the molecule is COc1ccc(CO[C@@H]2O[C@@H](C)[C@H](O[C@@H]3O[C@H](COC(=O)c4ccccc4)[C@@H](OC(=O)c4ccccc4)[C@H](OC(=O)c4ccccc4)[C@@H]3N)[C@H]3OC(C)(C)O[C@@H]23)cc1. The van der Waals surface area contributed by atoms with E-state index in [2.05, 4.69) is 0 Å². The number of hydrogen-bond donors (Lipinski definition) is 1. The molecular weight excluding hydrogens is 750 g/mol. The van der Waals surface area contributed by atoms with Crippen LogP contribution in [0.4, 0.5) is 0 Å². The summed E-state index contributed by atoms with van der Waals surface area (Å²) in [4.78, 5) is 40.4. The van der Waals surface area contributed by atoms with Crippen molar-refractivity contribution in [3.8, 4) is 5.75 Å². The molecule has 3 fully saturated rings. The molecule has 3 heterocycles. The van der Waals surface area contributed by atoms with Crippen molar-refractivity contribution < 1.29 is 61.8 Å². The van der Waals surface area contributed by atoms with Gasteiger partial charge in [0.15, 0.2) is 30.6 Å². The smallest absolute Gasteiger partial charge is 0.338 e. The van der Waals surface area contributed by atoms with Gasteiger partial charge in [0.2, 0.25) is 0 Å². The summed E-state index contributed by atoms with van der Waals surface area (Å²) in [6.45, 7) is 5.14. The molecule has 0 amide bonds. The molecule has 3 aliphatic rings. The van der Waals surface area contributed by atoms with Gasteiger partial charge in [-0.05, 0) is 74.9 Å². The quantitative estimate of drug-likeness (QED) is 0.138.